The second-order valence-electron chi connectivity index (χ2n) is 3.05. The van der Waals surface area contributed by atoms with Crippen LogP contribution in [0.2, 0.25) is 0 Å². The Balaban J connectivity index is 2.80. The highest BCUT2D eigenvalue weighted by Gasteiger charge is 2.15. The van der Waals surface area contributed by atoms with Crippen molar-refractivity contribution in [2.24, 2.45) is 0 Å². The number of nitrogens with zero attached hydrogens (tertiary/aromatic N) is 2. The van der Waals surface area contributed by atoms with Crippen molar-refractivity contribution in [1.29, 1.82) is 0 Å². The SMILES string of the molecule is Cc1nc2c(C)c([N+](=O)[O-])ccc2o1. The van der Waals surface area contributed by atoms with Gasteiger partial charge in [-0.15, -0.1) is 0 Å². The molecule has 1 aromatic carbocycles. The molecule has 0 amide bonds. The summed E-state index contributed by atoms with van der Waals surface area (Å²) in [5, 5.41) is 10.6. The lowest BCUT2D eigenvalue weighted by molar-refractivity contribution is -0.385. The van der Waals surface area contributed by atoms with E-state index in [0.717, 1.165) is 0 Å². The zero-order chi connectivity index (χ0) is 10.3. The number of hydrogen-bond acceptors (Lipinski definition) is 4. The van der Waals surface area contributed by atoms with Gasteiger partial charge in [0.2, 0.25) is 0 Å². The molecule has 2 aromatic rings. The number of benzene rings is 1. The van der Waals surface area contributed by atoms with Crippen LogP contribution in [0.25, 0.3) is 11.1 Å². The smallest absolute Gasteiger partial charge is 0.274 e. The van der Waals surface area contributed by atoms with Crippen molar-refractivity contribution in [2.45, 2.75) is 13.8 Å². The molecule has 14 heavy (non-hydrogen) atoms. The van der Waals surface area contributed by atoms with Crippen molar-refractivity contribution in [3.05, 3.63) is 33.7 Å². The van der Waals surface area contributed by atoms with Gasteiger partial charge in [-0.3, -0.25) is 10.1 Å². The molecule has 0 N–H and O–H groups in total. The topological polar surface area (TPSA) is 69.2 Å². The van der Waals surface area contributed by atoms with Crippen LogP contribution in [0.3, 0.4) is 0 Å². The molecule has 0 aliphatic heterocycles. The van der Waals surface area contributed by atoms with Gasteiger partial charge in [-0.2, -0.15) is 0 Å². The van der Waals surface area contributed by atoms with E-state index in [-0.39, 0.29) is 5.69 Å². The van der Waals surface area contributed by atoms with Crippen molar-refractivity contribution in [1.82, 2.24) is 4.98 Å². The van der Waals surface area contributed by atoms with Crippen LogP contribution in [0, 0.1) is 24.0 Å². The summed E-state index contributed by atoms with van der Waals surface area (Å²) in [6.07, 6.45) is 0. The van der Waals surface area contributed by atoms with Gasteiger partial charge in [0.15, 0.2) is 11.5 Å². The van der Waals surface area contributed by atoms with E-state index in [1.807, 2.05) is 0 Å². The minimum absolute atomic E-state index is 0.0748. The first kappa shape index (κ1) is 8.68. The van der Waals surface area contributed by atoms with E-state index in [4.69, 9.17) is 4.42 Å². The number of oxazole rings is 1. The summed E-state index contributed by atoms with van der Waals surface area (Å²) < 4.78 is 5.25. The number of rotatable bonds is 1. The lowest BCUT2D eigenvalue weighted by Crippen LogP contribution is -1.91. The van der Waals surface area contributed by atoms with Gasteiger partial charge in [0.05, 0.1) is 10.5 Å². The molecule has 0 fully saturated rings. The highest BCUT2D eigenvalue weighted by atomic mass is 16.6. The van der Waals surface area contributed by atoms with Gasteiger partial charge in [-0.1, -0.05) is 0 Å². The third-order valence-electron chi connectivity index (χ3n) is 2.09. The van der Waals surface area contributed by atoms with Crippen LogP contribution in [0.5, 0.6) is 0 Å². The first-order valence-electron chi connectivity index (χ1n) is 4.10. The van der Waals surface area contributed by atoms with Crippen LogP contribution in [0.1, 0.15) is 11.5 Å². The highest BCUT2D eigenvalue weighted by Crippen LogP contribution is 2.26. The Hall–Kier alpha value is -1.91. The van der Waals surface area contributed by atoms with Crippen molar-refractivity contribution in [2.75, 3.05) is 0 Å². The lowest BCUT2D eigenvalue weighted by atomic mass is 10.2. The molecule has 0 bridgehead atoms. The molecule has 1 heterocycles. The molecular weight excluding hydrogens is 184 g/mol. The van der Waals surface area contributed by atoms with Gasteiger partial charge in [0, 0.05) is 13.0 Å². The zero-order valence-electron chi connectivity index (χ0n) is 7.77. The summed E-state index contributed by atoms with van der Waals surface area (Å²) in [6, 6.07) is 3.00. The monoisotopic (exact) mass is 192 g/mol. The summed E-state index contributed by atoms with van der Waals surface area (Å²) in [6.45, 7) is 3.38. The number of nitro benzene ring substituents is 1. The normalized spacial score (nSPS) is 10.7. The van der Waals surface area contributed by atoms with Crippen LogP contribution in [0.15, 0.2) is 16.5 Å². The van der Waals surface area contributed by atoms with Crippen molar-refractivity contribution < 1.29 is 9.34 Å². The molecule has 0 atom stereocenters. The van der Waals surface area contributed by atoms with E-state index >= 15 is 0 Å². The van der Waals surface area contributed by atoms with E-state index in [9.17, 15) is 10.1 Å². The Bertz CT molecular complexity index is 516. The van der Waals surface area contributed by atoms with E-state index in [2.05, 4.69) is 4.98 Å². The summed E-state index contributed by atoms with van der Waals surface area (Å²) in [5.41, 5.74) is 1.78. The lowest BCUT2D eigenvalue weighted by Gasteiger charge is -1.95. The molecule has 0 unspecified atom stereocenters. The quantitative estimate of drug-likeness (QED) is 0.513. The third-order valence-corrected chi connectivity index (χ3v) is 2.09. The van der Waals surface area contributed by atoms with Gasteiger partial charge in [0.25, 0.3) is 5.69 Å². The van der Waals surface area contributed by atoms with E-state index in [0.29, 0.717) is 22.6 Å². The average molecular weight is 192 g/mol. The van der Waals surface area contributed by atoms with Crippen LogP contribution in [-0.2, 0) is 0 Å². The van der Waals surface area contributed by atoms with Crippen LogP contribution < -0.4 is 0 Å². The highest BCUT2D eigenvalue weighted by molar-refractivity contribution is 5.80. The summed E-state index contributed by atoms with van der Waals surface area (Å²) in [5.74, 6) is 0.517. The molecule has 0 radical (unpaired) electrons. The second kappa shape index (κ2) is 2.80. The first-order valence-corrected chi connectivity index (χ1v) is 4.10. The standard InChI is InChI=1S/C9H8N2O3/c1-5-7(11(12)13)3-4-8-9(5)10-6(2)14-8/h3-4H,1-2H3. The molecule has 5 nitrogen and oxygen atoms in total. The van der Waals surface area contributed by atoms with Gasteiger partial charge in [-0.05, 0) is 13.0 Å². The van der Waals surface area contributed by atoms with Crippen LogP contribution >= 0.6 is 0 Å². The van der Waals surface area contributed by atoms with Crippen molar-refractivity contribution in [3.63, 3.8) is 0 Å². The maximum Gasteiger partial charge on any atom is 0.274 e. The van der Waals surface area contributed by atoms with Gasteiger partial charge in [0.1, 0.15) is 5.52 Å². The molecule has 72 valence electrons. The zero-order valence-corrected chi connectivity index (χ0v) is 7.77. The summed E-state index contributed by atoms with van der Waals surface area (Å²) in [7, 11) is 0. The third kappa shape index (κ3) is 1.14. The number of nitro groups is 1. The van der Waals surface area contributed by atoms with E-state index in [1.165, 1.54) is 6.07 Å². The molecule has 5 heteroatoms. The predicted molar refractivity (Wildman–Crippen MR) is 50.1 cm³/mol. The largest absolute Gasteiger partial charge is 0.441 e. The second-order valence-corrected chi connectivity index (χ2v) is 3.05. The average Bonchev–Trinajstić information content (AvgIpc) is 2.46. The van der Waals surface area contributed by atoms with Crippen molar-refractivity contribution >= 4 is 16.8 Å². The van der Waals surface area contributed by atoms with Gasteiger partial charge >= 0.3 is 0 Å². The Morgan fingerprint density at radius 2 is 2.14 bits per heavy atom. The van der Waals surface area contributed by atoms with Crippen molar-refractivity contribution in [3.8, 4) is 0 Å². The van der Waals surface area contributed by atoms with E-state index in [1.54, 1.807) is 19.9 Å². The maximum atomic E-state index is 10.6. The molecule has 0 saturated carbocycles. The molecule has 0 aliphatic rings. The number of aryl methyl sites for hydroxylation is 2. The number of hydrogen-bond donors (Lipinski definition) is 0. The molecular formula is C9H8N2O3. The number of aromatic nitrogens is 1. The minimum atomic E-state index is -0.418. The Kier molecular flexibility index (Phi) is 1.73. The fourth-order valence-corrected chi connectivity index (χ4v) is 1.42. The predicted octanol–water partition coefficient (Wildman–Crippen LogP) is 2.35. The number of fused-ring (bicyclic) bond motifs is 1. The first-order chi connectivity index (χ1) is 6.59. The Labute approximate surface area is 79.5 Å². The van der Waals surface area contributed by atoms with Crippen LogP contribution in [0.4, 0.5) is 5.69 Å². The van der Waals surface area contributed by atoms with Crippen LogP contribution in [-0.4, -0.2) is 9.91 Å². The fraction of sp³-hybridized carbons (Fsp3) is 0.222. The molecule has 0 spiro atoms. The Morgan fingerprint density at radius 3 is 2.79 bits per heavy atom. The molecule has 1 aromatic heterocycles. The Morgan fingerprint density at radius 1 is 1.43 bits per heavy atom. The molecule has 0 saturated heterocycles. The van der Waals surface area contributed by atoms with E-state index < -0.39 is 4.92 Å². The molecule has 2 rings (SSSR count). The summed E-state index contributed by atoms with van der Waals surface area (Å²) >= 11 is 0. The van der Waals surface area contributed by atoms with Gasteiger partial charge < -0.3 is 4.42 Å². The summed E-state index contributed by atoms with van der Waals surface area (Å²) in [4.78, 5) is 14.3. The fourth-order valence-electron chi connectivity index (χ4n) is 1.42. The van der Waals surface area contributed by atoms with Gasteiger partial charge in [-0.25, -0.2) is 4.98 Å². The molecule has 0 aliphatic carbocycles. The maximum absolute atomic E-state index is 10.6. The minimum Gasteiger partial charge on any atom is -0.441 e.